The number of hydrogen-bond donors (Lipinski definition) is 1. The molecule has 3 rings (SSSR count). The zero-order valence-electron chi connectivity index (χ0n) is 15.1. The fourth-order valence-electron chi connectivity index (χ4n) is 4.03. The van der Waals surface area contributed by atoms with E-state index in [1.165, 1.54) is 18.5 Å². The molecule has 0 aromatic heterocycles. The SMILES string of the molecule is CN1CCCCC1CC(=O)NC1(C)CCN(c2ccccc2)CC1. The molecule has 2 heterocycles. The Kier molecular flexibility index (Phi) is 5.44. The third-order valence-corrected chi connectivity index (χ3v) is 5.77. The Morgan fingerprint density at radius 2 is 1.88 bits per heavy atom. The number of nitrogens with one attached hydrogen (secondary N) is 1. The topological polar surface area (TPSA) is 35.6 Å². The van der Waals surface area contributed by atoms with Crippen LogP contribution in [0.5, 0.6) is 0 Å². The van der Waals surface area contributed by atoms with Crippen molar-refractivity contribution in [3.05, 3.63) is 30.3 Å². The average molecular weight is 329 g/mol. The Morgan fingerprint density at radius 3 is 2.54 bits per heavy atom. The van der Waals surface area contributed by atoms with Gasteiger partial charge in [0.2, 0.25) is 5.91 Å². The summed E-state index contributed by atoms with van der Waals surface area (Å²) in [5, 5.41) is 3.34. The summed E-state index contributed by atoms with van der Waals surface area (Å²) < 4.78 is 0. The lowest BCUT2D eigenvalue weighted by Crippen LogP contribution is -2.54. The summed E-state index contributed by atoms with van der Waals surface area (Å²) in [6, 6.07) is 11.0. The predicted molar refractivity (Wildman–Crippen MR) is 99.3 cm³/mol. The zero-order chi connectivity index (χ0) is 17.0. The van der Waals surface area contributed by atoms with Crippen LogP contribution in [-0.2, 0) is 4.79 Å². The molecule has 2 saturated heterocycles. The molecular formula is C20H31N3O. The van der Waals surface area contributed by atoms with Gasteiger partial charge in [-0.25, -0.2) is 0 Å². The Morgan fingerprint density at radius 1 is 1.17 bits per heavy atom. The molecule has 1 amide bonds. The number of nitrogens with zero attached hydrogens (tertiary/aromatic N) is 2. The van der Waals surface area contributed by atoms with Crippen molar-refractivity contribution in [3.63, 3.8) is 0 Å². The summed E-state index contributed by atoms with van der Waals surface area (Å²) in [6.07, 6.45) is 6.34. The van der Waals surface area contributed by atoms with Crippen LogP contribution in [0.3, 0.4) is 0 Å². The van der Waals surface area contributed by atoms with Crippen molar-refractivity contribution >= 4 is 11.6 Å². The van der Waals surface area contributed by atoms with Crippen LogP contribution in [0.1, 0.15) is 45.4 Å². The summed E-state index contributed by atoms with van der Waals surface area (Å²) in [4.78, 5) is 17.3. The Balaban J connectivity index is 1.49. The van der Waals surface area contributed by atoms with Gasteiger partial charge in [-0.15, -0.1) is 0 Å². The van der Waals surface area contributed by atoms with Crippen LogP contribution in [0, 0.1) is 0 Å². The summed E-state index contributed by atoms with van der Waals surface area (Å²) in [6.45, 7) is 5.34. The first-order chi connectivity index (χ1) is 11.6. The van der Waals surface area contributed by atoms with Crippen LogP contribution in [0.2, 0.25) is 0 Å². The van der Waals surface area contributed by atoms with E-state index in [-0.39, 0.29) is 11.4 Å². The molecule has 1 aromatic carbocycles. The highest BCUT2D eigenvalue weighted by atomic mass is 16.1. The summed E-state index contributed by atoms with van der Waals surface area (Å²) in [5.41, 5.74) is 1.23. The lowest BCUT2D eigenvalue weighted by Gasteiger charge is -2.41. The quantitative estimate of drug-likeness (QED) is 0.922. The van der Waals surface area contributed by atoms with E-state index >= 15 is 0 Å². The second kappa shape index (κ2) is 7.56. The molecule has 132 valence electrons. The van der Waals surface area contributed by atoms with Crippen LogP contribution in [0.25, 0.3) is 0 Å². The molecule has 1 aromatic rings. The van der Waals surface area contributed by atoms with Gasteiger partial charge in [-0.2, -0.15) is 0 Å². The van der Waals surface area contributed by atoms with Crippen molar-refractivity contribution < 1.29 is 4.79 Å². The minimum Gasteiger partial charge on any atom is -0.371 e. The number of carbonyl (C=O) groups excluding carboxylic acids is 1. The van der Waals surface area contributed by atoms with Crippen molar-refractivity contribution in [1.82, 2.24) is 10.2 Å². The highest BCUT2D eigenvalue weighted by Crippen LogP contribution is 2.26. The van der Waals surface area contributed by atoms with Crippen molar-refractivity contribution in [2.45, 2.75) is 57.0 Å². The Labute approximate surface area is 146 Å². The minimum absolute atomic E-state index is 0.0599. The van der Waals surface area contributed by atoms with Crippen LogP contribution >= 0.6 is 0 Å². The molecule has 0 bridgehead atoms. The van der Waals surface area contributed by atoms with Gasteiger partial charge in [-0.3, -0.25) is 4.79 Å². The molecule has 0 radical (unpaired) electrons. The van der Waals surface area contributed by atoms with Gasteiger partial charge in [0.15, 0.2) is 0 Å². The average Bonchev–Trinajstić information content (AvgIpc) is 2.58. The third kappa shape index (κ3) is 4.29. The molecule has 4 nitrogen and oxygen atoms in total. The van der Waals surface area contributed by atoms with Gasteiger partial charge in [-0.1, -0.05) is 24.6 Å². The van der Waals surface area contributed by atoms with Crippen molar-refractivity contribution in [2.75, 3.05) is 31.6 Å². The highest BCUT2D eigenvalue weighted by Gasteiger charge is 2.32. The van der Waals surface area contributed by atoms with E-state index in [0.717, 1.165) is 38.9 Å². The number of hydrogen-bond acceptors (Lipinski definition) is 3. The fraction of sp³-hybridized carbons (Fsp3) is 0.650. The van der Waals surface area contributed by atoms with E-state index in [4.69, 9.17) is 0 Å². The van der Waals surface area contributed by atoms with Gasteiger partial charge < -0.3 is 15.1 Å². The van der Waals surface area contributed by atoms with Gasteiger partial charge in [0.05, 0.1) is 0 Å². The zero-order valence-corrected chi connectivity index (χ0v) is 15.1. The minimum atomic E-state index is -0.0599. The maximum Gasteiger partial charge on any atom is 0.221 e. The van der Waals surface area contributed by atoms with Crippen LogP contribution in [-0.4, -0.2) is 49.1 Å². The first-order valence-electron chi connectivity index (χ1n) is 9.37. The first-order valence-corrected chi connectivity index (χ1v) is 9.37. The fourth-order valence-corrected chi connectivity index (χ4v) is 4.03. The summed E-state index contributed by atoms with van der Waals surface area (Å²) in [5.74, 6) is 0.226. The van der Waals surface area contributed by atoms with Crippen molar-refractivity contribution in [3.8, 4) is 0 Å². The first kappa shape index (κ1) is 17.3. The molecular weight excluding hydrogens is 298 g/mol. The summed E-state index contributed by atoms with van der Waals surface area (Å²) in [7, 11) is 2.15. The molecule has 0 saturated carbocycles. The number of anilines is 1. The molecule has 1 N–H and O–H groups in total. The smallest absolute Gasteiger partial charge is 0.221 e. The molecule has 1 unspecified atom stereocenters. The van der Waals surface area contributed by atoms with E-state index < -0.39 is 0 Å². The van der Waals surface area contributed by atoms with Crippen LogP contribution in [0.15, 0.2) is 30.3 Å². The Bertz CT molecular complexity index is 537. The number of piperidine rings is 2. The number of amides is 1. The number of rotatable bonds is 4. The van der Waals surface area contributed by atoms with Crippen LogP contribution < -0.4 is 10.2 Å². The monoisotopic (exact) mass is 329 g/mol. The van der Waals surface area contributed by atoms with Gasteiger partial charge in [0, 0.05) is 36.8 Å². The largest absolute Gasteiger partial charge is 0.371 e. The number of carbonyl (C=O) groups is 1. The number of para-hydroxylation sites is 1. The van der Waals surface area contributed by atoms with E-state index in [1.54, 1.807) is 0 Å². The molecule has 4 heteroatoms. The third-order valence-electron chi connectivity index (χ3n) is 5.77. The van der Waals surface area contributed by atoms with Gasteiger partial charge in [-0.05, 0) is 58.3 Å². The number of benzene rings is 1. The Hall–Kier alpha value is -1.55. The van der Waals surface area contributed by atoms with E-state index in [2.05, 4.69) is 59.4 Å². The van der Waals surface area contributed by atoms with E-state index in [0.29, 0.717) is 12.5 Å². The molecule has 0 spiro atoms. The molecule has 2 fully saturated rings. The van der Waals surface area contributed by atoms with Crippen LogP contribution in [0.4, 0.5) is 5.69 Å². The standard InChI is InChI=1S/C20H31N3O/c1-20(21-19(24)16-18-10-6-7-13-22(18)2)11-14-23(15-12-20)17-8-4-3-5-9-17/h3-5,8-9,18H,6-7,10-16H2,1-2H3,(H,21,24). The second-order valence-electron chi connectivity index (χ2n) is 7.77. The van der Waals surface area contributed by atoms with Gasteiger partial charge in [0.25, 0.3) is 0 Å². The van der Waals surface area contributed by atoms with E-state index in [1.807, 2.05) is 0 Å². The van der Waals surface area contributed by atoms with Crippen molar-refractivity contribution in [1.29, 1.82) is 0 Å². The molecule has 1 atom stereocenters. The lowest BCUT2D eigenvalue weighted by atomic mass is 9.88. The van der Waals surface area contributed by atoms with Gasteiger partial charge >= 0.3 is 0 Å². The second-order valence-corrected chi connectivity index (χ2v) is 7.77. The van der Waals surface area contributed by atoms with E-state index in [9.17, 15) is 4.79 Å². The molecule has 0 aliphatic carbocycles. The molecule has 2 aliphatic heterocycles. The maximum atomic E-state index is 12.5. The molecule has 2 aliphatic rings. The van der Waals surface area contributed by atoms with Crippen molar-refractivity contribution in [2.24, 2.45) is 0 Å². The highest BCUT2D eigenvalue weighted by molar-refractivity contribution is 5.77. The normalized spacial score (nSPS) is 24.6. The maximum absolute atomic E-state index is 12.5. The number of likely N-dealkylation sites (tertiary alicyclic amines) is 1. The predicted octanol–water partition coefficient (Wildman–Crippen LogP) is 3.04. The van der Waals surface area contributed by atoms with Gasteiger partial charge in [0.1, 0.15) is 0 Å². The lowest BCUT2D eigenvalue weighted by molar-refractivity contribution is -0.124. The molecule has 24 heavy (non-hydrogen) atoms. The summed E-state index contributed by atoms with van der Waals surface area (Å²) >= 11 is 0.